The van der Waals surface area contributed by atoms with E-state index in [4.69, 9.17) is 4.74 Å². The standard InChI is InChI=1S/C21H24N2O3/c1-2-3-15-26-16-14-23-19(24)21(22-20(23)25,17-10-6-4-7-11-17)18-12-8-5-9-13-18/h4-13H,2-3,14-16H2,1H3,(H,22,25). The number of ether oxygens (including phenoxy) is 1. The molecule has 1 aliphatic rings. The lowest BCUT2D eigenvalue weighted by molar-refractivity contribution is -0.130. The number of nitrogens with zero attached hydrogens (tertiary/aromatic N) is 1. The number of carbonyl (C=O) groups excluding carboxylic acids is 2. The van der Waals surface area contributed by atoms with Crippen molar-refractivity contribution in [3.05, 3.63) is 71.8 Å². The number of imide groups is 1. The molecule has 3 rings (SSSR count). The van der Waals surface area contributed by atoms with Crippen LogP contribution in [0.1, 0.15) is 30.9 Å². The van der Waals surface area contributed by atoms with E-state index < -0.39 is 5.54 Å². The Kier molecular flexibility index (Phi) is 5.68. The fraction of sp³-hybridized carbons (Fsp3) is 0.333. The van der Waals surface area contributed by atoms with Gasteiger partial charge in [0.05, 0.1) is 13.2 Å². The largest absolute Gasteiger partial charge is 0.380 e. The summed E-state index contributed by atoms with van der Waals surface area (Å²) in [5.41, 5.74) is 0.307. The molecule has 0 radical (unpaired) electrons. The second kappa shape index (κ2) is 8.15. The Labute approximate surface area is 154 Å². The summed E-state index contributed by atoms with van der Waals surface area (Å²) in [7, 11) is 0. The van der Waals surface area contributed by atoms with Gasteiger partial charge in [0.15, 0.2) is 5.54 Å². The number of rotatable bonds is 8. The first-order valence-electron chi connectivity index (χ1n) is 9.03. The molecule has 0 unspecified atom stereocenters. The molecule has 136 valence electrons. The molecule has 1 fully saturated rings. The average molecular weight is 352 g/mol. The molecule has 0 aliphatic carbocycles. The third-order valence-corrected chi connectivity index (χ3v) is 4.62. The molecule has 1 aliphatic heterocycles. The first kappa shape index (κ1) is 18.1. The van der Waals surface area contributed by atoms with Crippen LogP contribution >= 0.6 is 0 Å². The van der Waals surface area contributed by atoms with Crippen LogP contribution < -0.4 is 5.32 Å². The van der Waals surface area contributed by atoms with Crippen molar-refractivity contribution >= 4 is 11.9 Å². The molecule has 1 heterocycles. The molecule has 2 aromatic carbocycles. The molecule has 1 N–H and O–H groups in total. The van der Waals surface area contributed by atoms with Crippen LogP contribution in [0.5, 0.6) is 0 Å². The van der Waals surface area contributed by atoms with Gasteiger partial charge in [-0.3, -0.25) is 9.69 Å². The van der Waals surface area contributed by atoms with E-state index in [9.17, 15) is 9.59 Å². The van der Waals surface area contributed by atoms with E-state index in [2.05, 4.69) is 12.2 Å². The normalized spacial score (nSPS) is 16.0. The highest BCUT2D eigenvalue weighted by molar-refractivity contribution is 6.09. The topological polar surface area (TPSA) is 58.6 Å². The number of urea groups is 1. The van der Waals surface area contributed by atoms with Gasteiger partial charge in [-0.1, -0.05) is 74.0 Å². The van der Waals surface area contributed by atoms with E-state index in [1.165, 1.54) is 4.90 Å². The SMILES string of the molecule is CCCCOCCN1C(=O)NC(c2ccccc2)(c2ccccc2)C1=O. The Balaban J connectivity index is 1.89. The van der Waals surface area contributed by atoms with Crippen molar-refractivity contribution in [1.82, 2.24) is 10.2 Å². The predicted molar refractivity (Wildman–Crippen MR) is 99.6 cm³/mol. The lowest BCUT2D eigenvalue weighted by atomic mass is 9.82. The van der Waals surface area contributed by atoms with Crippen LogP contribution in [0.2, 0.25) is 0 Å². The molecule has 0 aromatic heterocycles. The van der Waals surface area contributed by atoms with Crippen molar-refractivity contribution in [3.8, 4) is 0 Å². The number of hydrogen-bond donors (Lipinski definition) is 1. The first-order valence-corrected chi connectivity index (χ1v) is 9.03. The van der Waals surface area contributed by atoms with Crippen molar-refractivity contribution in [2.24, 2.45) is 0 Å². The fourth-order valence-electron chi connectivity index (χ4n) is 3.22. The molecule has 0 saturated carbocycles. The molecular formula is C21H24N2O3. The van der Waals surface area contributed by atoms with Crippen LogP contribution in [-0.2, 0) is 15.1 Å². The summed E-state index contributed by atoms with van der Waals surface area (Å²) < 4.78 is 5.54. The molecule has 5 heteroatoms. The molecule has 3 amide bonds. The summed E-state index contributed by atoms with van der Waals surface area (Å²) in [6.07, 6.45) is 2.02. The summed E-state index contributed by atoms with van der Waals surface area (Å²) in [6.45, 7) is 3.33. The third-order valence-electron chi connectivity index (χ3n) is 4.62. The van der Waals surface area contributed by atoms with Crippen molar-refractivity contribution in [3.63, 3.8) is 0 Å². The Bertz CT molecular complexity index is 707. The summed E-state index contributed by atoms with van der Waals surface area (Å²) in [5, 5.41) is 2.93. The van der Waals surface area contributed by atoms with Gasteiger partial charge in [0.2, 0.25) is 0 Å². The molecule has 0 bridgehead atoms. The Hall–Kier alpha value is -2.66. The van der Waals surface area contributed by atoms with E-state index >= 15 is 0 Å². The van der Waals surface area contributed by atoms with E-state index in [0.29, 0.717) is 13.2 Å². The maximum absolute atomic E-state index is 13.3. The van der Waals surface area contributed by atoms with Crippen molar-refractivity contribution in [2.75, 3.05) is 19.8 Å². The van der Waals surface area contributed by atoms with E-state index in [-0.39, 0.29) is 18.5 Å². The van der Waals surface area contributed by atoms with Crippen molar-refractivity contribution in [2.45, 2.75) is 25.3 Å². The number of nitrogens with one attached hydrogen (secondary N) is 1. The van der Waals surface area contributed by atoms with E-state index in [0.717, 1.165) is 24.0 Å². The maximum atomic E-state index is 13.3. The van der Waals surface area contributed by atoms with Crippen molar-refractivity contribution in [1.29, 1.82) is 0 Å². The lowest BCUT2D eigenvalue weighted by Gasteiger charge is -2.28. The van der Waals surface area contributed by atoms with Gasteiger partial charge in [-0.25, -0.2) is 4.79 Å². The van der Waals surface area contributed by atoms with Gasteiger partial charge in [0.1, 0.15) is 0 Å². The van der Waals surface area contributed by atoms with Crippen LogP contribution in [0, 0.1) is 0 Å². The Morgan fingerprint density at radius 3 is 2.04 bits per heavy atom. The minimum absolute atomic E-state index is 0.246. The number of benzene rings is 2. The third kappa shape index (κ3) is 3.35. The first-order chi connectivity index (χ1) is 12.7. The minimum Gasteiger partial charge on any atom is -0.380 e. The van der Waals surface area contributed by atoms with Gasteiger partial charge in [-0.2, -0.15) is 0 Å². The molecule has 26 heavy (non-hydrogen) atoms. The van der Waals surface area contributed by atoms with Gasteiger partial charge >= 0.3 is 6.03 Å². The zero-order valence-corrected chi connectivity index (χ0v) is 15.0. The number of unbranched alkanes of at least 4 members (excludes halogenated alkanes) is 1. The summed E-state index contributed by atoms with van der Waals surface area (Å²) >= 11 is 0. The molecule has 5 nitrogen and oxygen atoms in total. The van der Waals surface area contributed by atoms with Gasteiger partial charge in [0, 0.05) is 6.61 Å². The number of hydrogen-bond acceptors (Lipinski definition) is 3. The predicted octanol–water partition coefficient (Wildman–Crippen LogP) is 3.30. The minimum atomic E-state index is -1.19. The quantitative estimate of drug-likeness (QED) is 0.586. The maximum Gasteiger partial charge on any atom is 0.325 e. The second-order valence-electron chi connectivity index (χ2n) is 6.33. The zero-order valence-electron chi connectivity index (χ0n) is 15.0. The second-order valence-corrected chi connectivity index (χ2v) is 6.33. The van der Waals surface area contributed by atoms with Crippen LogP contribution in [0.3, 0.4) is 0 Å². The van der Waals surface area contributed by atoms with E-state index in [1.54, 1.807) is 0 Å². The summed E-state index contributed by atoms with van der Waals surface area (Å²) in [6, 6.07) is 18.4. The number of carbonyl (C=O) groups is 2. The summed E-state index contributed by atoms with van der Waals surface area (Å²) in [5.74, 6) is -0.265. The van der Waals surface area contributed by atoms with Gasteiger partial charge in [-0.05, 0) is 17.5 Å². The van der Waals surface area contributed by atoms with Crippen LogP contribution in [0.4, 0.5) is 4.79 Å². The van der Waals surface area contributed by atoms with Crippen LogP contribution in [-0.4, -0.2) is 36.6 Å². The van der Waals surface area contributed by atoms with Crippen molar-refractivity contribution < 1.29 is 14.3 Å². The Morgan fingerprint density at radius 1 is 0.923 bits per heavy atom. The van der Waals surface area contributed by atoms with Gasteiger partial charge in [0.25, 0.3) is 5.91 Å². The highest BCUT2D eigenvalue weighted by atomic mass is 16.5. The lowest BCUT2D eigenvalue weighted by Crippen LogP contribution is -2.45. The Morgan fingerprint density at radius 2 is 1.50 bits per heavy atom. The smallest absolute Gasteiger partial charge is 0.325 e. The zero-order chi connectivity index (χ0) is 18.4. The van der Waals surface area contributed by atoms with Gasteiger partial charge in [-0.15, -0.1) is 0 Å². The van der Waals surface area contributed by atoms with Crippen LogP contribution in [0.25, 0.3) is 0 Å². The highest BCUT2D eigenvalue weighted by Gasteiger charge is 2.53. The fourth-order valence-corrected chi connectivity index (χ4v) is 3.22. The monoisotopic (exact) mass is 352 g/mol. The summed E-state index contributed by atoms with van der Waals surface area (Å²) in [4.78, 5) is 27.2. The van der Waals surface area contributed by atoms with Gasteiger partial charge < -0.3 is 10.1 Å². The molecule has 0 atom stereocenters. The molecule has 0 spiro atoms. The van der Waals surface area contributed by atoms with Crippen LogP contribution in [0.15, 0.2) is 60.7 Å². The van der Waals surface area contributed by atoms with E-state index in [1.807, 2.05) is 60.7 Å². The number of amides is 3. The molecule has 1 saturated heterocycles. The highest BCUT2D eigenvalue weighted by Crippen LogP contribution is 2.35. The molecule has 2 aromatic rings. The molecular weight excluding hydrogens is 328 g/mol. The average Bonchev–Trinajstić information content (AvgIpc) is 2.94.